The second-order valence-electron chi connectivity index (χ2n) is 4.88. The highest BCUT2D eigenvalue weighted by Gasteiger charge is 2.18. The van der Waals surface area contributed by atoms with Crippen LogP contribution in [0.3, 0.4) is 0 Å². The molecule has 1 aromatic heterocycles. The van der Waals surface area contributed by atoms with Gasteiger partial charge in [0, 0.05) is 5.69 Å². The molecule has 0 aliphatic heterocycles. The molecule has 1 N–H and O–H groups in total. The van der Waals surface area contributed by atoms with Gasteiger partial charge in [-0.1, -0.05) is 35.5 Å². The molecule has 0 bridgehead atoms. The van der Waals surface area contributed by atoms with Crippen LogP contribution in [-0.2, 0) is 0 Å². The van der Waals surface area contributed by atoms with E-state index in [0.29, 0.717) is 27.2 Å². The van der Waals surface area contributed by atoms with Gasteiger partial charge in [-0.15, -0.1) is 0 Å². The molecule has 0 fully saturated rings. The molecule has 3 aromatic rings. The number of rotatable bonds is 4. The maximum atomic E-state index is 13.2. The van der Waals surface area contributed by atoms with E-state index < -0.39 is 0 Å². The lowest BCUT2D eigenvalue weighted by molar-refractivity contribution is 0.102. The third kappa shape index (κ3) is 3.29. The molecule has 4 nitrogen and oxygen atoms in total. The number of nitrogens with one attached hydrogen (secondary N) is 1. The Hall–Kier alpha value is -2.31. The lowest BCUT2D eigenvalue weighted by atomic mass is 10.3. The van der Waals surface area contributed by atoms with Gasteiger partial charge in [-0.05, 0) is 42.7 Å². The fourth-order valence-electron chi connectivity index (χ4n) is 2.23. The summed E-state index contributed by atoms with van der Waals surface area (Å²) in [5.74, 6) is -0.688. The van der Waals surface area contributed by atoms with Gasteiger partial charge in [0.05, 0.1) is 16.9 Å². The number of anilines is 1. The van der Waals surface area contributed by atoms with Crippen LogP contribution in [0.15, 0.2) is 59.9 Å². The number of amides is 1. The van der Waals surface area contributed by atoms with Crippen molar-refractivity contribution in [3.8, 4) is 5.69 Å². The van der Waals surface area contributed by atoms with E-state index in [1.54, 1.807) is 41.0 Å². The maximum Gasteiger partial charge on any atom is 0.274 e. The molecule has 0 aliphatic rings. The van der Waals surface area contributed by atoms with Crippen molar-refractivity contribution in [1.29, 1.82) is 0 Å². The first-order valence-corrected chi connectivity index (χ1v) is 8.64. The first kappa shape index (κ1) is 16.5. The van der Waals surface area contributed by atoms with Crippen LogP contribution >= 0.6 is 23.4 Å². The van der Waals surface area contributed by atoms with Crippen molar-refractivity contribution < 1.29 is 9.18 Å². The molecular formula is C17H13ClFN3OS. The van der Waals surface area contributed by atoms with Crippen molar-refractivity contribution >= 4 is 35.0 Å². The van der Waals surface area contributed by atoms with Crippen molar-refractivity contribution in [2.24, 2.45) is 0 Å². The molecule has 2 aromatic carbocycles. The fourth-order valence-corrected chi connectivity index (χ4v) is 2.96. The first-order valence-electron chi connectivity index (χ1n) is 7.03. The van der Waals surface area contributed by atoms with E-state index in [1.165, 1.54) is 30.1 Å². The largest absolute Gasteiger partial charge is 0.319 e. The summed E-state index contributed by atoms with van der Waals surface area (Å²) in [6, 6.07) is 12.9. The highest BCUT2D eigenvalue weighted by molar-refractivity contribution is 7.98. The van der Waals surface area contributed by atoms with Crippen molar-refractivity contribution in [2.75, 3.05) is 11.6 Å². The summed E-state index contributed by atoms with van der Waals surface area (Å²) in [7, 11) is 0. The Kier molecular flexibility index (Phi) is 4.87. The van der Waals surface area contributed by atoms with Crippen molar-refractivity contribution in [3.05, 3.63) is 71.3 Å². The maximum absolute atomic E-state index is 13.2. The highest BCUT2D eigenvalue weighted by Crippen LogP contribution is 2.25. The fraction of sp³-hybridized carbons (Fsp3) is 0.0588. The summed E-state index contributed by atoms with van der Waals surface area (Å²) >= 11 is 7.47. The molecule has 24 heavy (non-hydrogen) atoms. The predicted molar refractivity (Wildman–Crippen MR) is 94.7 cm³/mol. The van der Waals surface area contributed by atoms with Gasteiger partial charge >= 0.3 is 0 Å². The zero-order chi connectivity index (χ0) is 17.1. The third-order valence-corrected chi connectivity index (χ3v) is 4.33. The zero-order valence-corrected chi connectivity index (χ0v) is 14.2. The van der Waals surface area contributed by atoms with E-state index in [2.05, 4.69) is 10.3 Å². The van der Waals surface area contributed by atoms with Crippen LogP contribution in [0.1, 0.15) is 10.5 Å². The number of hydrogen-bond donors (Lipinski definition) is 1. The van der Waals surface area contributed by atoms with Gasteiger partial charge in [0.2, 0.25) is 0 Å². The first-order chi connectivity index (χ1) is 11.6. The molecule has 1 amide bonds. The molecule has 0 spiro atoms. The van der Waals surface area contributed by atoms with Gasteiger partial charge in [0.1, 0.15) is 11.5 Å². The molecule has 1 heterocycles. The Bertz CT molecular complexity index is 880. The molecule has 0 saturated heterocycles. The average Bonchev–Trinajstić information content (AvgIpc) is 3.02. The van der Waals surface area contributed by atoms with Gasteiger partial charge in [0.25, 0.3) is 5.91 Å². The number of carbonyl (C=O) groups is 1. The van der Waals surface area contributed by atoms with Gasteiger partial charge in [0.15, 0.2) is 5.16 Å². The van der Waals surface area contributed by atoms with E-state index in [9.17, 15) is 9.18 Å². The molecule has 0 atom stereocenters. The van der Waals surface area contributed by atoms with Gasteiger partial charge in [-0.3, -0.25) is 9.36 Å². The Balaban J connectivity index is 1.99. The molecule has 0 aliphatic carbocycles. The van der Waals surface area contributed by atoms with Crippen LogP contribution < -0.4 is 5.32 Å². The SMILES string of the molecule is CSc1ncc(C(=O)Nc2ccccc2Cl)n1-c1ccc(F)cc1. The van der Waals surface area contributed by atoms with Crippen LogP contribution in [0, 0.1) is 5.82 Å². The van der Waals surface area contributed by atoms with E-state index in [1.807, 2.05) is 6.26 Å². The number of carbonyl (C=O) groups excluding carboxylic acids is 1. The number of nitrogens with zero attached hydrogens (tertiary/aromatic N) is 2. The number of benzene rings is 2. The summed E-state index contributed by atoms with van der Waals surface area (Å²) in [5.41, 5.74) is 1.51. The number of hydrogen-bond acceptors (Lipinski definition) is 3. The third-order valence-electron chi connectivity index (χ3n) is 3.35. The van der Waals surface area contributed by atoms with Crippen molar-refractivity contribution in [2.45, 2.75) is 5.16 Å². The summed E-state index contributed by atoms with van der Waals surface area (Å²) in [6.07, 6.45) is 3.35. The lowest BCUT2D eigenvalue weighted by Gasteiger charge is -2.12. The van der Waals surface area contributed by atoms with Gasteiger partial charge < -0.3 is 5.32 Å². The minimum atomic E-state index is -0.347. The monoisotopic (exact) mass is 361 g/mol. The summed E-state index contributed by atoms with van der Waals surface area (Å²) < 4.78 is 14.9. The normalized spacial score (nSPS) is 10.6. The molecule has 7 heteroatoms. The van der Waals surface area contributed by atoms with E-state index in [-0.39, 0.29) is 11.7 Å². The summed E-state index contributed by atoms with van der Waals surface area (Å²) in [4.78, 5) is 16.9. The van der Waals surface area contributed by atoms with Gasteiger partial charge in [-0.25, -0.2) is 9.37 Å². The smallest absolute Gasteiger partial charge is 0.274 e. The van der Waals surface area contributed by atoms with E-state index in [0.717, 1.165) is 0 Å². The second kappa shape index (κ2) is 7.07. The number of imidazole rings is 1. The summed E-state index contributed by atoms with van der Waals surface area (Å²) in [5, 5.41) is 3.85. The molecule has 0 saturated carbocycles. The molecule has 3 rings (SSSR count). The highest BCUT2D eigenvalue weighted by atomic mass is 35.5. The second-order valence-corrected chi connectivity index (χ2v) is 6.06. The Morgan fingerprint density at radius 3 is 2.58 bits per heavy atom. The summed E-state index contributed by atoms with van der Waals surface area (Å²) in [6.45, 7) is 0. The van der Waals surface area contributed by atoms with Crippen LogP contribution in [-0.4, -0.2) is 21.7 Å². The number of thioether (sulfide) groups is 1. The number of aromatic nitrogens is 2. The Labute approximate surface area is 147 Å². The van der Waals surface area contributed by atoms with E-state index >= 15 is 0 Å². The molecule has 122 valence electrons. The molecule has 0 radical (unpaired) electrons. The minimum absolute atomic E-state index is 0.339. The predicted octanol–water partition coefficient (Wildman–Crippen LogP) is 4.64. The van der Waals surface area contributed by atoms with Crippen LogP contribution in [0.5, 0.6) is 0 Å². The molecular weight excluding hydrogens is 349 g/mol. The van der Waals surface area contributed by atoms with Crippen LogP contribution in [0.4, 0.5) is 10.1 Å². The quantitative estimate of drug-likeness (QED) is 0.689. The number of para-hydroxylation sites is 1. The van der Waals surface area contributed by atoms with E-state index in [4.69, 9.17) is 11.6 Å². The zero-order valence-electron chi connectivity index (χ0n) is 12.7. The topological polar surface area (TPSA) is 46.9 Å². The standard InChI is InChI=1S/C17H13ClFN3OS/c1-24-17-20-10-15(22(17)12-8-6-11(19)7-9-12)16(23)21-14-5-3-2-4-13(14)18/h2-10H,1H3,(H,21,23). The Morgan fingerprint density at radius 1 is 1.21 bits per heavy atom. The minimum Gasteiger partial charge on any atom is -0.319 e. The Morgan fingerprint density at radius 2 is 1.92 bits per heavy atom. The van der Waals surface area contributed by atoms with Gasteiger partial charge in [-0.2, -0.15) is 0 Å². The molecule has 0 unspecified atom stereocenters. The lowest BCUT2D eigenvalue weighted by Crippen LogP contribution is -2.17. The average molecular weight is 362 g/mol. The van der Waals surface area contributed by atoms with Crippen molar-refractivity contribution in [1.82, 2.24) is 9.55 Å². The number of halogens is 2. The van der Waals surface area contributed by atoms with Crippen LogP contribution in [0.25, 0.3) is 5.69 Å². The van der Waals surface area contributed by atoms with Crippen LogP contribution in [0.2, 0.25) is 5.02 Å². The van der Waals surface area contributed by atoms with Crippen molar-refractivity contribution in [3.63, 3.8) is 0 Å².